The van der Waals surface area contributed by atoms with Crippen LogP contribution in [0.25, 0.3) is 0 Å². The average Bonchev–Trinajstić information content (AvgIpc) is 2.64. The highest BCUT2D eigenvalue weighted by molar-refractivity contribution is 6.63. The Hall–Kier alpha value is -1.73. The van der Waals surface area contributed by atoms with Crippen molar-refractivity contribution in [3.8, 4) is 5.75 Å². The molecule has 1 fully saturated rings. The van der Waals surface area contributed by atoms with E-state index >= 15 is 0 Å². The molecule has 0 aliphatic carbocycles. The molecule has 7 heteroatoms. The Kier molecular flexibility index (Phi) is 4.67. The van der Waals surface area contributed by atoms with E-state index in [1.807, 2.05) is 52.0 Å². The lowest BCUT2D eigenvalue weighted by Crippen LogP contribution is -2.41. The second kappa shape index (κ2) is 6.18. The zero-order chi connectivity index (χ0) is 16.4. The van der Waals surface area contributed by atoms with Gasteiger partial charge in [-0.05, 0) is 33.8 Å². The summed E-state index contributed by atoms with van der Waals surface area (Å²) >= 11 is 0. The van der Waals surface area contributed by atoms with Gasteiger partial charge in [0.15, 0.2) is 0 Å². The van der Waals surface area contributed by atoms with E-state index in [4.69, 9.17) is 19.8 Å². The molecule has 120 valence electrons. The summed E-state index contributed by atoms with van der Waals surface area (Å²) in [6, 6.07) is 7.48. The quantitative estimate of drug-likeness (QED) is 0.658. The Bertz CT molecular complexity index is 530. The van der Waals surface area contributed by atoms with Crippen LogP contribution in [0, 0.1) is 0 Å². The third-order valence-electron chi connectivity index (χ3n) is 4.01. The first-order valence-electron chi connectivity index (χ1n) is 7.22. The number of hydrogen-bond donors (Lipinski definition) is 1. The number of hydrogen-bond acceptors (Lipinski definition) is 5. The predicted molar refractivity (Wildman–Crippen MR) is 83.2 cm³/mol. The largest absolute Gasteiger partial charge is 0.498 e. The molecule has 1 saturated heterocycles. The van der Waals surface area contributed by atoms with Crippen molar-refractivity contribution in [2.75, 3.05) is 13.2 Å². The van der Waals surface area contributed by atoms with Gasteiger partial charge in [0.2, 0.25) is 0 Å². The van der Waals surface area contributed by atoms with Crippen LogP contribution in [0.15, 0.2) is 24.3 Å². The number of carbonyl (C=O) groups is 1. The average molecular weight is 307 g/mol. The van der Waals surface area contributed by atoms with E-state index in [2.05, 4.69) is 4.74 Å². The zero-order valence-electron chi connectivity index (χ0n) is 13.4. The van der Waals surface area contributed by atoms with Crippen molar-refractivity contribution in [1.29, 1.82) is 0 Å². The minimum atomic E-state index is -0.817. The number of amides is 1. The maximum absolute atomic E-state index is 10.5. The molecular weight excluding hydrogens is 285 g/mol. The molecule has 0 atom stereocenters. The van der Waals surface area contributed by atoms with Gasteiger partial charge in [-0.3, -0.25) is 0 Å². The Morgan fingerprint density at radius 1 is 1.14 bits per heavy atom. The smallest absolute Gasteiger partial charge is 0.490 e. The summed E-state index contributed by atoms with van der Waals surface area (Å²) in [6.07, 6.45) is -0.817. The summed E-state index contributed by atoms with van der Waals surface area (Å²) in [4.78, 5) is 10.5. The van der Waals surface area contributed by atoms with Crippen LogP contribution in [0.1, 0.15) is 27.7 Å². The van der Waals surface area contributed by atoms with E-state index in [-0.39, 0.29) is 13.2 Å². The van der Waals surface area contributed by atoms with Gasteiger partial charge in [0.1, 0.15) is 19.0 Å². The van der Waals surface area contributed by atoms with Gasteiger partial charge >= 0.3 is 13.2 Å². The van der Waals surface area contributed by atoms with Crippen LogP contribution in [0.4, 0.5) is 4.79 Å². The van der Waals surface area contributed by atoms with E-state index in [0.29, 0.717) is 5.75 Å². The first-order chi connectivity index (χ1) is 10.2. The van der Waals surface area contributed by atoms with Gasteiger partial charge in [0.05, 0.1) is 11.2 Å². The fraction of sp³-hybridized carbons (Fsp3) is 0.533. The van der Waals surface area contributed by atoms with Crippen LogP contribution in [0.3, 0.4) is 0 Å². The SMILES string of the molecule is CC1(C)OB(c2ccccc2OCCOC(N)=O)OC1(C)C. The summed E-state index contributed by atoms with van der Waals surface area (Å²) < 4.78 is 22.3. The van der Waals surface area contributed by atoms with Crippen molar-refractivity contribution in [2.45, 2.75) is 38.9 Å². The molecule has 1 aliphatic heterocycles. The number of rotatable bonds is 5. The van der Waals surface area contributed by atoms with Gasteiger partial charge in [-0.2, -0.15) is 0 Å². The second-order valence-corrected chi connectivity index (χ2v) is 6.14. The molecule has 2 rings (SSSR count). The van der Waals surface area contributed by atoms with Crippen LogP contribution < -0.4 is 15.9 Å². The molecule has 22 heavy (non-hydrogen) atoms. The minimum absolute atomic E-state index is 0.0903. The van der Waals surface area contributed by atoms with Gasteiger partial charge in [-0.25, -0.2) is 4.79 Å². The van der Waals surface area contributed by atoms with Gasteiger partial charge in [-0.15, -0.1) is 0 Å². The van der Waals surface area contributed by atoms with E-state index < -0.39 is 24.4 Å². The second-order valence-electron chi connectivity index (χ2n) is 6.14. The first-order valence-corrected chi connectivity index (χ1v) is 7.22. The Labute approximate surface area is 131 Å². The first kappa shape index (κ1) is 16.6. The molecule has 0 spiro atoms. The molecule has 1 heterocycles. The van der Waals surface area contributed by atoms with Crippen molar-refractivity contribution >= 4 is 18.7 Å². The van der Waals surface area contributed by atoms with Gasteiger partial charge in [0.25, 0.3) is 0 Å². The van der Waals surface area contributed by atoms with Crippen molar-refractivity contribution in [1.82, 2.24) is 0 Å². The molecule has 2 N–H and O–H groups in total. The van der Waals surface area contributed by atoms with E-state index in [1.165, 1.54) is 0 Å². The van der Waals surface area contributed by atoms with Crippen LogP contribution in [0.5, 0.6) is 5.75 Å². The molecule has 6 nitrogen and oxygen atoms in total. The molecule has 1 aromatic rings. The van der Waals surface area contributed by atoms with Gasteiger partial charge in [0, 0.05) is 5.46 Å². The van der Waals surface area contributed by atoms with E-state index in [1.54, 1.807) is 0 Å². The van der Waals surface area contributed by atoms with E-state index in [9.17, 15) is 4.79 Å². The summed E-state index contributed by atoms with van der Waals surface area (Å²) in [7, 11) is -0.502. The van der Waals surface area contributed by atoms with Crippen molar-refractivity contribution < 1.29 is 23.6 Å². The topological polar surface area (TPSA) is 80.0 Å². The maximum Gasteiger partial charge on any atom is 0.498 e. The van der Waals surface area contributed by atoms with Crippen LogP contribution in [-0.4, -0.2) is 37.6 Å². The standard InChI is InChI=1S/C15H22BNO5/c1-14(2)15(3,4)22-16(21-14)11-7-5-6-8-12(11)19-9-10-20-13(17)18/h5-8H,9-10H2,1-4H3,(H2,17,18). The number of para-hydroxylation sites is 1. The fourth-order valence-electron chi connectivity index (χ4n) is 2.07. The molecule has 0 radical (unpaired) electrons. The number of primary amides is 1. The number of ether oxygens (including phenoxy) is 2. The summed E-state index contributed by atoms with van der Waals surface area (Å²) in [5.41, 5.74) is 4.88. The lowest BCUT2D eigenvalue weighted by Gasteiger charge is -2.32. The normalized spacial score (nSPS) is 19.0. The Morgan fingerprint density at radius 3 is 2.32 bits per heavy atom. The molecule has 0 aromatic heterocycles. The third kappa shape index (κ3) is 3.54. The lowest BCUT2D eigenvalue weighted by molar-refractivity contribution is 0.00578. The Balaban J connectivity index is 2.08. The number of nitrogens with two attached hydrogens (primary N) is 1. The van der Waals surface area contributed by atoms with Crippen LogP contribution in [-0.2, 0) is 14.0 Å². The fourth-order valence-corrected chi connectivity index (χ4v) is 2.07. The van der Waals surface area contributed by atoms with E-state index in [0.717, 1.165) is 5.46 Å². The summed E-state index contributed by atoms with van der Waals surface area (Å²) in [5.74, 6) is 0.633. The highest BCUT2D eigenvalue weighted by Crippen LogP contribution is 2.37. The van der Waals surface area contributed by atoms with Gasteiger partial charge in [-0.1, -0.05) is 18.2 Å². The number of carbonyl (C=O) groups excluding carboxylic acids is 1. The van der Waals surface area contributed by atoms with Crippen molar-refractivity contribution in [3.05, 3.63) is 24.3 Å². The molecule has 1 amide bonds. The molecule has 0 saturated carbocycles. The van der Waals surface area contributed by atoms with Crippen molar-refractivity contribution in [3.63, 3.8) is 0 Å². The summed E-state index contributed by atoms with van der Waals surface area (Å²) in [5, 5.41) is 0. The predicted octanol–water partition coefficient (Wildman–Crippen LogP) is 1.46. The highest BCUT2D eigenvalue weighted by Gasteiger charge is 2.52. The molecule has 1 aliphatic rings. The third-order valence-corrected chi connectivity index (χ3v) is 4.01. The number of benzene rings is 1. The minimum Gasteiger partial charge on any atom is -0.490 e. The molecule has 0 bridgehead atoms. The van der Waals surface area contributed by atoms with Crippen molar-refractivity contribution in [2.24, 2.45) is 5.73 Å². The van der Waals surface area contributed by atoms with Crippen LogP contribution in [0.2, 0.25) is 0 Å². The molecular formula is C15H22BNO5. The maximum atomic E-state index is 10.5. The lowest BCUT2D eigenvalue weighted by atomic mass is 9.78. The summed E-state index contributed by atoms with van der Waals surface area (Å²) in [6.45, 7) is 8.29. The highest BCUT2D eigenvalue weighted by atomic mass is 16.7. The van der Waals surface area contributed by atoms with Gasteiger partial charge < -0.3 is 24.5 Å². The molecule has 1 aromatic carbocycles. The monoisotopic (exact) mass is 307 g/mol. The molecule has 0 unspecified atom stereocenters. The van der Waals surface area contributed by atoms with Crippen LogP contribution >= 0.6 is 0 Å². The zero-order valence-corrected chi connectivity index (χ0v) is 13.4. The Morgan fingerprint density at radius 2 is 1.73 bits per heavy atom.